The number of hydrogen-bond donors (Lipinski definition) is 1. The maximum atomic E-state index is 12.2. The van der Waals surface area contributed by atoms with Crippen LogP contribution in [0.4, 0.5) is 0 Å². The van der Waals surface area contributed by atoms with Crippen molar-refractivity contribution < 1.29 is 4.79 Å². The van der Waals surface area contributed by atoms with Crippen LogP contribution in [-0.4, -0.2) is 21.2 Å². The Hall–Kier alpha value is -2.43. The van der Waals surface area contributed by atoms with Crippen LogP contribution in [0, 0.1) is 0 Å². The van der Waals surface area contributed by atoms with Crippen molar-refractivity contribution in [1.82, 2.24) is 15.1 Å². The van der Waals surface area contributed by atoms with Crippen molar-refractivity contribution in [2.45, 2.75) is 39.3 Å². The number of aromatic nitrogens is 2. The average molecular weight is 299 g/mol. The van der Waals surface area contributed by atoms with Crippen LogP contribution in [-0.2, 0) is 4.79 Å². The van der Waals surface area contributed by atoms with Crippen LogP contribution in [0.1, 0.15) is 33.7 Å². The molecule has 1 N–H and O–H groups in total. The van der Waals surface area contributed by atoms with E-state index in [4.69, 9.17) is 0 Å². The molecule has 22 heavy (non-hydrogen) atoms. The first-order valence-corrected chi connectivity index (χ1v) is 7.25. The Morgan fingerprint density at radius 1 is 1.14 bits per heavy atom. The number of nitrogens with one attached hydrogen (secondary N) is 1. The molecule has 5 heteroatoms. The molecule has 1 heterocycles. The summed E-state index contributed by atoms with van der Waals surface area (Å²) in [4.78, 5) is 24.3. The summed E-state index contributed by atoms with van der Waals surface area (Å²) in [6, 6.07) is 12.0. The Balaban J connectivity index is 2.35. The van der Waals surface area contributed by atoms with Crippen LogP contribution < -0.4 is 10.9 Å². The summed E-state index contributed by atoms with van der Waals surface area (Å²) in [6.07, 6.45) is 0. The molecule has 2 aromatic rings. The van der Waals surface area contributed by atoms with Gasteiger partial charge in [0.1, 0.15) is 6.04 Å². The molecule has 0 saturated heterocycles. The summed E-state index contributed by atoms with van der Waals surface area (Å²) in [7, 11) is 0. The topological polar surface area (TPSA) is 64.0 Å². The number of nitrogens with zero attached hydrogens (tertiary/aromatic N) is 2. The van der Waals surface area contributed by atoms with E-state index in [9.17, 15) is 9.59 Å². The zero-order valence-corrected chi connectivity index (χ0v) is 13.3. The van der Waals surface area contributed by atoms with Crippen molar-refractivity contribution in [3.8, 4) is 11.3 Å². The largest absolute Gasteiger partial charge is 0.350 e. The van der Waals surface area contributed by atoms with Crippen molar-refractivity contribution >= 4 is 5.91 Å². The maximum Gasteiger partial charge on any atom is 0.267 e. The second-order valence-corrected chi connectivity index (χ2v) is 6.28. The van der Waals surface area contributed by atoms with E-state index >= 15 is 0 Å². The summed E-state index contributed by atoms with van der Waals surface area (Å²) in [5, 5.41) is 7.20. The SMILES string of the molecule is CC(C(=O)NC(C)(C)C)n1nc(-c2ccccc2)ccc1=O. The van der Waals surface area contributed by atoms with Crippen LogP contribution in [0.25, 0.3) is 11.3 Å². The molecule has 0 aliphatic heterocycles. The molecule has 0 aliphatic rings. The summed E-state index contributed by atoms with van der Waals surface area (Å²) >= 11 is 0. The van der Waals surface area contributed by atoms with E-state index in [1.807, 2.05) is 51.1 Å². The second kappa shape index (κ2) is 6.13. The van der Waals surface area contributed by atoms with Crippen LogP contribution in [0.3, 0.4) is 0 Å². The lowest BCUT2D eigenvalue weighted by atomic mass is 10.1. The number of benzene rings is 1. The average Bonchev–Trinajstić information content (AvgIpc) is 2.46. The molecule has 5 nitrogen and oxygen atoms in total. The number of carbonyl (C=O) groups is 1. The molecule has 0 bridgehead atoms. The Morgan fingerprint density at radius 3 is 2.36 bits per heavy atom. The fraction of sp³-hybridized carbons (Fsp3) is 0.353. The molecule has 0 fully saturated rings. The second-order valence-electron chi connectivity index (χ2n) is 6.28. The van der Waals surface area contributed by atoms with Crippen molar-refractivity contribution in [3.63, 3.8) is 0 Å². The Labute approximate surface area is 130 Å². The highest BCUT2D eigenvalue weighted by atomic mass is 16.2. The highest BCUT2D eigenvalue weighted by molar-refractivity contribution is 5.80. The quantitative estimate of drug-likeness (QED) is 0.946. The van der Waals surface area contributed by atoms with E-state index in [1.165, 1.54) is 10.7 Å². The molecule has 1 atom stereocenters. The maximum absolute atomic E-state index is 12.2. The lowest BCUT2D eigenvalue weighted by Gasteiger charge is -2.23. The van der Waals surface area contributed by atoms with Gasteiger partial charge in [0, 0.05) is 17.2 Å². The number of hydrogen-bond acceptors (Lipinski definition) is 3. The van der Waals surface area contributed by atoms with Gasteiger partial charge in [-0.3, -0.25) is 9.59 Å². The van der Waals surface area contributed by atoms with E-state index in [1.54, 1.807) is 13.0 Å². The zero-order chi connectivity index (χ0) is 16.3. The minimum atomic E-state index is -0.671. The molecule has 2 rings (SSSR count). The number of amides is 1. The molecule has 1 amide bonds. The smallest absolute Gasteiger partial charge is 0.267 e. The highest BCUT2D eigenvalue weighted by Gasteiger charge is 2.22. The summed E-state index contributed by atoms with van der Waals surface area (Å²) in [6.45, 7) is 7.36. The Morgan fingerprint density at radius 2 is 1.77 bits per heavy atom. The molecule has 0 spiro atoms. The minimum absolute atomic E-state index is 0.229. The third kappa shape index (κ3) is 3.81. The third-order valence-electron chi connectivity index (χ3n) is 3.14. The Kier molecular flexibility index (Phi) is 4.45. The van der Waals surface area contributed by atoms with E-state index in [-0.39, 0.29) is 17.0 Å². The zero-order valence-electron chi connectivity index (χ0n) is 13.3. The first-order valence-electron chi connectivity index (χ1n) is 7.25. The van der Waals surface area contributed by atoms with Gasteiger partial charge in [-0.25, -0.2) is 4.68 Å². The van der Waals surface area contributed by atoms with Gasteiger partial charge in [-0.05, 0) is 33.8 Å². The first-order chi connectivity index (χ1) is 10.3. The van der Waals surface area contributed by atoms with Crippen LogP contribution in [0.15, 0.2) is 47.3 Å². The van der Waals surface area contributed by atoms with Gasteiger partial charge in [0.25, 0.3) is 5.56 Å². The van der Waals surface area contributed by atoms with Crippen molar-refractivity contribution in [2.24, 2.45) is 0 Å². The van der Waals surface area contributed by atoms with Crippen molar-refractivity contribution in [3.05, 3.63) is 52.8 Å². The lowest BCUT2D eigenvalue weighted by molar-refractivity contribution is -0.125. The van der Waals surface area contributed by atoms with Gasteiger partial charge in [-0.1, -0.05) is 30.3 Å². The number of rotatable bonds is 3. The molecule has 1 aromatic carbocycles. The van der Waals surface area contributed by atoms with Gasteiger partial charge in [0.15, 0.2) is 0 Å². The van der Waals surface area contributed by atoms with E-state index in [2.05, 4.69) is 10.4 Å². The van der Waals surface area contributed by atoms with Gasteiger partial charge in [-0.15, -0.1) is 0 Å². The van der Waals surface area contributed by atoms with Crippen molar-refractivity contribution in [1.29, 1.82) is 0 Å². The summed E-state index contributed by atoms with van der Waals surface area (Å²) < 4.78 is 1.23. The molecule has 1 unspecified atom stereocenters. The fourth-order valence-electron chi connectivity index (χ4n) is 2.05. The molecule has 1 aromatic heterocycles. The van der Waals surface area contributed by atoms with E-state index < -0.39 is 6.04 Å². The van der Waals surface area contributed by atoms with Gasteiger partial charge >= 0.3 is 0 Å². The molecular formula is C17H21N3O2. The van der Waals surface area contributed by atoms with Gasteiger partial charge < -0.3 is 5.32 Å². The lowest BCUT2D eigenvalue weighted by Crippen LogP contribution is -2.45. The summed E-state index contributed by atoms with van der Waals surface area (Å²) in [5.41, 5.74) is 0.915. The standard InChI is InChI=1S/C17H21N3O2/c1-12(16(22)18-17(2,3)4)20-15(21)11-10-14(19-20)13-8-6-5-7-9-13/h5-12H,1-4H3,(H,18,22). The first kappa shape index (κ1) is 15.9. The van der Waals surface area contributed by atoms with Crippen LogP contribution in [0.5, 0.6) is 0 Å². The molecule has 0 saturated carbocycles. The summed E-state index contributed by atoms with van der Waals surface area (Å²) in [5.74, 6) is -0.229. The highest BCUT2D eigenvalue weighted by Crippen LogP contribution is 2.15. The predicted molar refractivity (Wildman–Crippen MR) is 86.5 cm³/mol. The Bertz CT molecular complexity index is 715. The minimum Gasteiger partial charge on any atom is -0.350 e. The van der Waals surface area contributed by atoms with Crippen molar-refractivity contribution in [2.75, 3.05) is 0 Å². The van der Waals surface area contributed by atoms with Gasteiger partial charge in [0.05, 0.1) is 5.69 Å². The van der Waals surface area contributed by atoms with E-state index in [0.29, 0.717) is 5.69 Å². The molecule has 0 radical (unpaired) electrons. The predicted octanol–water partition coefficient (Wildman–Crippen LogP) is 2.39. The monoisotopic (exact) mass is 299 g/mol. The van der Waals surface area contributed by atoms with Gasteiger partial charge in [0.2, 0.25) is 5.91 Å². The number of carbonyl (C=O) groups excluding carboxylic acids is 1. The molecule has 0 aliphatic carbocycles. The normalized spacial score (nSPS) is 12.7. The third-order valence-corrected chi connectivity index (χ3v) is 3.14. The van der Waals surface area contributed by atoms with Gasteiger partial charge in [-0.2, -0.15) is 5.10 Å². The molecular weight excluding hydrogens is 278 g/mol. The van der Waals surface area contributed by atoms with Crippen LogP contribution >= 0.6 is 0 Å². The molecule has 116 valence electrons. The van der Waals surface area contributed by atoms with Crippen LogP contribution in [0.2, 0.25) is 0 Å². The van der Waals surface area contributed by atoms with E-state index in [0.717, 1.165) is 5.56 Å². The fourth-order valence-corrected chi connectivity index (χ4v) is 2.05.